The van der Waals surface area contributed by atoms with Crippen LogP contribution in [0.4, 0.5) is 0 Å². The molecule has 0 spiro atoms. The van der Waals surface area contributed by atoms with Crippen molar-refractivity contribution in [3.63, 3.8) is 0 Å². The quantitative estimate of drug-likeness (QED) is 0.874. The molecule has 0 N–H and O–H groups in total. The maximum absolute atomic E-state index is 12.8. The number of ether oxygens (including phenoxy) is 1. The van der Waals surface area contributed by atoms with Crippen molar-refractivity contribution < 1.29 is 13.2 Å². The lowest BCUT2D eigenvalue weighted by Crippen LogP contribution is -2.35. The summed E-state index contributed by atoms with van der Waals surface area (Å²) in [4.78, 5) is 0.308. The fourth-order valence-corrected chi connectivity index (χ4v) is 4.21. The first-order valence-corrected chi connectivity index (χ1v) is 8.69. The van der Waals surface area contributed by atoms with Crippen LogP contribution in [0.2, 0.25) is 0 Å². The van der Waals surface area contributed by atoms with Crippen molar-refractivity contribution in [3.05, 3.63) is 65.7 Å². The lowest BCUT2D eigenvalue weighted by molar-refractivity contribution is 0.0990. The molecule has 116 valence electrons. The predicted molar refractivity (Wildman–Crippen MR) is 84.8 cm³/mol. The van der Waals surface area contributed by atoms with Crippen molar-refractivity contribution in [1.29, 1.82) is 0 Å². The van der Waals surface area contributed by atoms with E-state index < -0.39 is 10.0 Å². The Hall–Kier alpha value is -1.69. The SMILES string of the molecule is Cc1ccc(S(=O)(=O)N2COC(c3ccccc3)C2C)cc1. The van der Waals surface area contributed by atoms with E-state index in [2.05, 4.69) is 0 Å². The monoisotopic (exact) mass is 317 g/mol. The minimum Gasteiger partial charge on any atom is -0.355 e. The number of aryl methyl sites for hydroxylation is 1. The van der Waals surface area contributed by atoms with Crippen molar-refractivity contribution in [2.45, 2.75) is 30.9 Å². The minimum absolute atomic E-state index is 0.0803. The van der Waals surface area contributed by atoms with E-state index in [0.29, 0.717) is 4.90 Å². The highest BCUT2D eigenvalue weighted by Gasteiger charge is 2.40. The zero-order valence-corrected chi connectivity index (χ0v) is 13.5. The Balaban J connectivity index is 1.88. The largest absolute Gasteiger partial charge is 0.355 e. The van der Waals surface area contributed by atoms with E-state index in [4.69, 9.17) is 4.74 Å². The van der Waals surface area contributed by atoms with Gasteiger partial charge in [0.25, 0.3) is 0 Å². The predicted octanol–water partition coefficient (Wildman–Crippen LogP) is 3.10. The summed E-state index contributed by atoms with van der Waals surface area (Å²) in [6.45, 7) is 3.90. The van der Waals surface area contributed by atoms with Gasteiger partial charge in [-0.15, -0.1) is 0 Å². The molecule has 2 unspecified atom stereocenters. The molecule has 4 nitrogen and oxygen atoms in total. The standard InChI is InChI=1S/C17H19NO3S/c1-13-8-10-16(11-9-13)22(19,20)18-12-21-17(14(18)2)15-6-4-3-5-7-15/h3-11,14,17H,12H2,1-2H3. The Labute approximate surface area is 131 Å². The van der Waals surface area contributed by atoms with E-state index in [1.165, 1.54) is 4.31 Å². The van der Waals surface area contributed by atoms with Crippen LogP contribution in [0.5, 0.6) is 0 Å². The molecule has 22 heavy (non-hydrogen) atoms. The normalized spacial score (nSPS) is 22.8. The van der Waals surface area contributed by atoms with Gasteiger partial charge in [-0.3, -0.25) is 0 Å². The van der Waals surface area contributed by atoms with Gasteiger partial charge in [-0.2, -0.15) is 4.31 Å². The highest BCUT2D eigenvalue weighted by molar-refractivity contribution is 7.89. The lowest BCUT2D eigenvalue weighted by Gasteiger charge is -2.22. The molecular weight excluding hydrogens is 298 g/mol. The van der Waals surface area contributed by atoms with Crippen LogP contribution in [0, 0.1) is 6.92 Å². The Bertz CT molecular complexity index is 741. The van der Waals surface area contributed by atoms with E-state index in [1.54, 1.807) is 12.1 Å². The third-order valence-electron chi connectivity index (χ3n) is 4.03. The van der Waals surface area contributed by atoms with E-state index in [0.717, 1.165) is 11.1 Å². The third-order valence-corrected chi connectivity index (χ3v) is 5.95. The van der Waals surface area contributed by atoms with Crippen molar-refractivity contribution in [2.24, 2.45) is 0 Å². The zero-order chi connectivity index (χ0) is 15.7. The first kappa shape index (κ1) is 15.2. The summed E-state index contributed by atoms with van der Waals surface area (Å²) < 4.78 is 32.7. The minimum atomic E-state index is -3.54. The van der Waals surface area contributed by atoms with Gasteiger partial charge >= 0.3 is 0 Å². The Kier molecular flexibility index (Phi) is 4.04. The second-order valence-corrected chi connectivity index (χ2v) is 7.46. The van der Waals surface area contributed by atoms with Gasteiger partial charge in [-0.1, -0.05) is 48.0 Å². The molecule has 1 saturated heterocycles. The van der Waals surface area contributed by atoms with E-state index >= 15 is 0 Å². The van der Waals surface area contributed by atoms with Gasteiger partial charge in [0.2, 0.25) is 10.0 Å². The van der Waals surface area contributed by atoms with Crippen molar-refractivity contribution >= 4 is 10.0 Å². The molecule has 0 saturated carbocycles. The molecule has 5 heteroatoms. The van der Waals surface area contributed by atoms with Crippen LogP contribution < -0.4 is 0 Å². The summed E-state index contributed by atoms with van der Waals surface area (Å²) in [6, 6.07) is 16.4. The van der Waals surface area contributed by atoms with Crippen LogP contribution in [0.1, 0.15) is 24.2 Å². The summed E-state index contributed by atoms with van der Waals surface area (Å²) in [5.74, 6) is 0. The maximum atomic E-state index is 12.8. The van der Waals surface area contributed by atoms with Gasteiger partial charge in [-0.05, 0) is 31.5 Å². The molecule has 0 amide bonds. The van der Waals surface area contributed by atoms with E-state index in [1.807, 2.05) is 56.3 Å². The van der Waals surface area contributed by atoms with Crippen LogP contribution >= 0.6 is 0 Å². The lowest BCUT2D eigenvalue weighted by atomic mass is 10.0. The highest BCUT2D eigenvalue weighted by atomic mass is 32.2. The zero-order valence-electron chi connectivity index (χ0n) is 12.6. The van der Waals surface area contributed by atoms with Crippen LogP contribution in [0.25, 0.3) is 0 Å². The van der Waals surface area contributed by atoms with Gasteiger partial charge in [-0.25, -0.2) is 8.42 Å². The second kappa shape index (κ2) is 5.83. The van der Waals surface area contributed by atoms with Crippen molar-refractivity contribution in [3.8, 4) is 0 Å². The van der Waals surface area contributed by atoms with Crippen LogP contribution in [0.3, 0.4) is 0 Å². The number of hydrogen-bond acceptors (Lipinski definition) is 3. The summed E-state index contributed by atoms with van der Waals surface area (Å²) in [6.07, 6.45) is -0.235. The number of rotatable bonds is 3. The van der Waals surface area contributed by atoms with Crippen molar-refractivity contribution in [2.75, 3.05) is 6.73 Å². The summed E-state index contributed by atoms with van der Waals surface area (Å²) in [5, 5.41) is 0. The van der Waals surface area contributed by atoms with Gasteiger partial charge in [0, 0.05) is 0 Å². The van der Waals surface area contributed by atoms with Crippen LogP contribution in [0.15, 0.2) is 59.5 Å². The number of hydrogen-bond donors (Lipinski definition) is 0. The fourth-order valence-electron chi connectivity index (χ4n) is 2.71. The molecule has 0 radical (unpaired) electrons. The summed E-state index contributed by atoms with van der Waals surface area (Å²) >= 11 is 0. The number of nitrogens with zero attached hydrogens (tertiary/aromatic N) is 1. The number of benzene rings is 2. The first-order chi connectivity index (χ1) is 10.5. The molecule has 0 bridgehead atoms. The van der Waals surface area contributed by atoms with Gasteiger partial charge in [0.15, 0.2) is 0 Å². The molecule has 0 aromatic heterocycles. The summed E-state index contributed by atoms with van der Waals surface area (Å²) in [5.41, 5.74) is 2.03. The average Bonchev–Trinajstić information content (AvgIpc) is 2.91. The first-order valence-electron chi connectivity index (χ1n) is 7.25. The molecule has 3 rings (SSSR count). The maximum Gasteiger partial charge on any atom is 0.245 e. The van der Waals surface area contributed by atoms with Crippen molar-refractivity contribution in [1.82, 2.24) is 4.31 Å². The van der Waals surface area contributed by atoms with Gasteiger partial charge in [0.05, 0.1) is 10.9 Å². The van der Waals surface area contributed by atoms with Gasteiger partial charge in [0.1, 0.15) is 12.8 Å². The Morgan fingerprint density at radius 1 is 1.05 bits per heavy atom. The molecule has 0 aliphatic carbocycles. The molecule has 2 atom stereocenters. The topological polar surface area (TPSA) is 46.6 Å². The molecular formula is C17H19NO3S. The van der Waals surface area contributed by atoms with Gasteiger partial charge < -0.3 is 4.74 Å². The van der Waals surface area contributed by atoms with E-state index in [-0.39, 0.29) is 18.9 Å². The third kappa shape index (κ3) is 2.67. The number of sulfonamides is 1. The summed E-state index contributed by atoms with van der Waals surface area (Å²) in [7, 11) is -3.54. The molecule has 2 aromatic carbocycles. The molecule has 1 fully saturated rings. The Morgan fingerprint density at radius 2 is 1.68 bits per heavy atom. The van der Waals surface area contributed by atoms with E-state index in [9.17, 15) is 8.42 Å². The smallest absolute Gasteiger partial charge is 0.245 e. The Morgan fingerprint density at radius 3 is 2.32 bits per heavy atom. The second-order valence-electron chi connectivity index (χ2n) is 5.57. The van der Waals surface area contributed by atoms with Crippen LogP contribution in [-0.4, -0.2) is 25.5 Å². The molecule has 1 heterocycles. The molecule has 1 aliphatic heterocycles. The van der Waals surface area contributed by atoms with Crippen LogP contribution in [-0.2, 0) is 14.8 Å². The fraction of sp³-hybridized carbons (Fsp3) is 0.294. The average molecular weight is 317 g/mol. The molecule has 2 aromatic rings. The highest BCUT2D eigenvalue weighted by Crippen LogP contribution is 2.34. The molecule has 1 aliphatic rings.